The van der Waals surface area contributed by atoms with Crippen LogP contribution in [0.25, 0.3) is 0 Å². The van der Waals surface area contributed by atoms with Crippen molar-refractivity contribution in [3.63, 3.8) is 0 Å². The maximum absolute atomic E-state index is 12.6. The summed E-state index contributed by atoms with van der Waals surface area (Å²) >= 11 is 0. The number of para-hydroxylation sites is 2. The molecule has 0 aromatic heterocycles. The fourth-order valence-corrected chi connectivity index (χ4v) is 2.78. The highest BCUT2D eigenvalue weighted by Gasteiger charge is 2.52. The molecule has 1 saturated heterocycles. The van der Waals surface area contributed by atoms with Crippen LogP contribution in [0.1, 0.15) is 19.8 Å². The van der Waals surface area contributed by atoms with Crippen LogP contribution >= 0.6 is 0 Å². The third-order valence-electron chi connectivity index (χ3n) is 3.66. The molecule has 2 aliphatic heterocycles. The normalized spacial score (nSPS) is 28.4. The van der Waals surface area contributed by atoms with Gasteiger partial charge in [0.2, 0.25) is 11.8 Å². The fraction of sp³-hybridized carbons (Fsp3) is 0.333. The minimum atomic E-state index is -0.708. The van der Waals surface area contributed by atoms with Crippen LogP contribution in [-0.4, -0.2) is 17.9 Å². The van der Waals surface area contributed by atoms with E-state index in [0.29, 0.717) is 18.7 Å². The molecule has 4 nitrogen and oxygen atoms in total. The lowest BCUT2D eigenvalue weighted by molar-refractivity contribution is -0.122. The number of hydrogen-bond donors (Lipinski definition) is 1. The Morgan fingerprint density at radius 1 is 1.58 bits per heavy atom. The lowest BCUT2D eigenvalue weighted by atomic mass is 9.80. The van der Waals surface area contributed by atoms with Gasteiger partial charge in [0.25, 0.3) is 0 Å². The first-order chi connectivity index (χ1) is 9.15. The van der Waals surface area contributed by atoms with Crippen LogP contribution in [0.5, 0.6) is 0 Å². The molecule has 3 rings (SSSR count). The van der Waals surface area contributed by atoms with Gasteiger partial charge in [-0.25, -0.2) is 4.99 Å². The number of nitrogens with zero attached hydrogens (tertiary/aromatic N) is 1. The largest absolute Gasteiger partial charge is 0.477 e. The van der Waals surface area contributed by atoms with E-state index < -0.39 is 5.41 Å². The Bertz CT molecular complexity index is 579. The number of benzene rings is 1. The summed E-state index contributed by atoms with van der Waals surface area (Å²) in [6.07, 6.45) is 2.93. The van der Waals surface area contributed by atoms with Gasteiger partial charge in [-0.3, -0.25) is 4.79 Å². The molecule has 98 valence electrons. The summed E-state index contributed by atoms with van der Waals surface area (Å²) < 4.78 is 5.77. The zero-order chi connectivity index (χ0) is 13.5. The van der Waals surface area contributed by atoms with Gasteiger partial charge in [0.05, 0.1) is 17.5 Å². The molecule has 1 amide bonds. The summed E-state index contributed by atoms with van der Waals surface area (Å²) in [5.74, 6) is 0.461. The van der Waals surface area contributed by atoms with Crippen molar-refractivity contribution in [1.29, 1.82) is 0 Å². The molecule has 19 heavy (non-hydrogen) atoms. The van der Waals surface area contributed by atoms with Gasteiger partial charge in [-0.15, -0.1) is 6.58 Å². The maximum Gasteiger partial charge on any atom is 0.240 e. The molecule has 0 radical (unpaired) electrons. The Labute approximate surface area is 112 Å². The summed E-state index contributed by atoms with van der Waals surface area (Å²) in [6, 6.07) is 7.50. The van der Waals surface area contributed by atoms with Crippen molar-refractivity contribution in [2.24, 2.45) is 10.4 Å². The summed E-state index contributed by atoms with van der Waals surface area (Å²) in [6.45, 7) is 5.72. The SMILES string of the molecule is C=CC[C@@]12C[C@@H](C)OC1=Nc1ccccc1NC2=O. The van der Waals surface area contributed by atoms with Crippen molar-refractivity contribution in [3.8, 4) is 0 Å². The van der Waals surface area contributed by atoms with E-state index in [2.05, 4.69) is 16.9 Å². The maximum atomic E-state index is 12.6. The first-order valence-electron chi connectivity index (χ1n) is 6.43. The van der Waals surface area contributed by atoms with Crippen LogP contribution in [0.2, 0.25) is 0 Å². The zero-order valence-electron chi connectivity index (χ0n) is 10.8. The van der Waals surface area contributed by atoms with Crippen LogP contribution in [0.3, 0.4) is 0 Å². The Balaban J connectivity index is 2.15. The van der Waals surface area contributed by atoms with E-state index in [1.54, 1.807) is 6.08 Å². The zero-order valence-corrected chi connectivity index (χ0v) is 10.8. The Hall–Kier alpha value is -2.10. The number of carbonyl (C=O) groups excluding carboxylic acids is 1. The molecule has 0 saturated carbocycles. The number of aliphatic imine (C=N–C) groups is 1. The van der Waals surface area contributed by atoms with Crippen LogP contribution in [0.4, 0.5) is 11.4 Å². The van der Waals surface area contributed by atoms with Gasteiger partial charge in [-0.1, -0.05) is 18.2 Å². The predicted molar refractivity (Wildman–Crippen MR) is 74.6 cm³/mol. The second kappa shape index (κ2) is 4.23. The summed E-state index contributed by atoms with van der Waals surface area (Å²) in [4.78, 5) is 17.2. The number of carbonyl (C=O) groups is 1. The topological polar surface area (TPSA) is 50.7 Å². The summed E-state index contributed by atoms with van der Waals surface area (Å²) in [5, 5.41) is 2.96. The quantitative estimate of drug-likeness (QED) is 0.827. The average molecular weight is 256 g/mol. The molecule has 1 fully saturated rings. The lowest BCUT2D eigenvalue weighted by Crippen LogP contribution is -2.39. The first kappa shape index (κ1) is 12.0. The molecule has 1 N–H and O–H groups in total. The van der Waals surface area contributed by atoms with Crippen molar-refractivity contribution < 1.29 is 9.53 Å². The van der Waals surface area contributed by atoms with Gasteiger partial charge in [0, 0.05) is 6.42 Å². The molecular weight excluding hydrogens is 240 g/mol. The molecule has 0 spiro atoms. The van der Waals surface area contributed by atoms with Crippen LogP contribution < -0.4 is 5.32 Å². The highest BCUT2D eigenvalue weighted by molar-refractivity contribution is 6.15. The molecule has 2 heterocycles. The molecule has 2 aliphatic rings. The Morgan fingerprint density at radius 3 is 3.16 bits per heavy atom. The van der Waals surface area contributed by atoms with E-state index in [1.165, 1.54) is 0 Å². The van der Waals surface area contributed by atoms with E-state index in [1.807, 2.05) is 31.2 Å². The average Bonchev–Trinajstić information content (AvgIpc) is 2.64. The molecule has 0 unspecified atom stereocenters. The van der Waals surface area contributed by atoms with Crippen molar-refractivity contribution in [1.82, 2.24) is 0 Å². The van der Waals surface area contributed by atoms with Crippen molar-refractivity contribution in [3.05, 3.63) is 36.9 Å². The molecule has 1 aromatic carbocycles. The van der Waals surface area contributed by atoms with Crippen LogP contribution in [-0.2, 0) is 9.53 Å². The molecule has 0 bridgehead atoms. The smallest absolute Gasteiger partial charge is 0.240 e. The van der Waals surface area contributed by atoms with Crippen LogP contribution in [0.15, 0.2) is 41.9 Å². The van der Waals surface area contributed by atoms with Crippen molar-refractivity contribution >= 4 is 23.2 Å². The predicted octanol–water partition coefficient (Wildman–Crippen LogP) is 3.04. The number of rotatable bonds is 2. The van der Waals surface area contributed by atoms with Gasteiger partial charge in [-0.05, 0) is 25.5 Å². The summed E-state index contributed by atoms with van der Waals surface area (Å²) in [5.41, 5.74) is 0.764. The van der Waals surface area contributed by atoms with E-state index in [-0.39, 0.29) is 12.0 Å². The standard InChI is InChI=1S/C15H16N2O2/c1-3-8-15-9-10(2)19-14(15)17-12-7-5-4-6-11(12)16-13(15)18/h3-7,10H,1,8-9H2,2H3,(H,16,18)/t10-,15+/m1/s1. The number of ether oxygens (including phenoxy) is 1. The molecule has 4 heteroatoms. The van der Waals surface area contributed by atoms with Gasteiger partial charge in [-0.2, -0.15) is 0 Å². The van der Waals surface area contributed by atoms with E-state index in [4.69, 9.17) is 4.74 Å². The van der Waals surface area contributed by atoms with Gasteiger partial charge in [0.1, 0.15) is 5.41 Å². The first-order valence-corrected chi connectivity index (χ1v) is 6.43. The fourth-order valence-electron chi connectivity index (χ4n) is 2.78. The minimum absolute atomic E-state index is 0.00490. The molecule has 2 atom stereocenters. The number of allylic oxidation sites excluding steroid dienone is 1. The monoisotopic (exact) mass is 256 g/mol. The highest BCUT2D eigenvalue weighted by Crippen LogP contribution is 2.44. The number of hydrogen-bond acceptors (Lipinski definition) is 3. The number of anilines is 1. The molecule has 0 aliphatic carbocycles. The lowest BCUT2D eigenvalue weighted by Gasteiger charge is -2.22. The number of amides is 1. The van der Waals surface area contributed by atoms with E-state index in [0.717, 1.165) is 11.4 Å². The van der Waals surface area contributed by atoms with E-state index >= 15 is 0 Å². The number of fused-ring (bicyclic) bond motifs is 2. The van der Waals surface area contributed by atoms with E-state index in [9.17, 15) is 4.79 Å². The Morgan fingerprint density at radius 2 is 2.37 bits per heavy atom. The van der Waals surface area contributed by atoms with Gasteiger partial charge < -0.3 is 10.1 Å². The van der Waals surface area contributed by atoms with Crippen molar-refractivity contribution in [2.45, 2.75) is 25.9 Å². The molecular formula is C15H16N2O2. The van der Waals surface area contributed by atoms with Crippen LogP contribution in [0, 0.1) is 5.41 Å². The summed E-state index contributed by atoms with van der Waals surface area (Å²) in [7, 11) is 0. The number of nitrogens with one attached hydrogen (secondary N) is 1. The second-order valence-electron chi connectivity index (χ2n) is 5.10. The minimum Gasteiger partial charge on any atom is -0.477 e. The second-order valence-corrected chi connectivity index (χ2v) is 5.10. The highest BCUT2D eigenvalue weighted by atomic mass is 16.5. The van der Waals surface area contributed by atoms with Gasteiger partial charge >= 0.3 is 0 Å². The third-order valence-corrected chi connectivity index (χ3v) is 3.66. The Kier molecular flexibility index (Phi) is 2.66. The van der Waals surface area contributed by atoms with Gasteiger partial charge in [0.15, 0.2) is 0 Å². The van der Waals surface area contributed by atoms with Crippen molar-refractivity contribution in [2.75, 3.05) is 5.32 Å². The molecule has 1 aromatic rings. The third kappa shape index (κ3) is 1.75.